The molecule has 2 rings (SSSR count). The molecule has 1 saturated heterocycles. The summed E-state index contributed by atoms with van der Waals surface area (Å²) in [6.45, 7) is 4.21. The van der Waals surface area contributed by atoms with Gasteiger partial charge < -0.3 is 9.80 Å². The van der Waals surface area contributed by atoms with Crippen molar-refractivity contribution < 1.29 is 9.59 Å². The summed E-state index contributed by atoms with van der Waals surface area (Å²) >= 11 is 3.46. The summed E-state index contributed by atoms with van der Waals surface area (Å²) in [7, 11) is 0. The van der Waals surface area contributed by atoms with E-state index in [9.17, 15) is 9.59 Å². The predicted molar refractivity (Wildman–Crippen MR) is 86.6 cm³/mol. The van der Waals surface area contributed by atoms with Gasteiger partial charge in [-0.1, -0.05) is 34.1 Å². The van der Waals surface area contributed by atoms with Gasteiger partial charge in [-0.3, -0.25) is 9.59 Å². The number of rotatable bonds is 2. The van der Waals surface area contributed by atoms with Crippen LogP contribution in [0.5, 0.6) is 0 Å². The van der Waals surface area contributed by atoms with E-state index < -0.39 is 0 Å². The molecule has 1 aliphatic rings. The van der Waals surface area contributed by atoms with Crippen LogP contribution < -0.4 is 0 Å². The van der Waals surface area contributed by atoms with Crippen molar-refractivity contribution in [2.24, 2.45) is 0 Å². The molecule has 21 heavy (non-hydrogen) atoms. The highest BCUT2D eigenvalue weighted by molar-refractivity contribution is 9.10. The molecule has 1 aliphatic heterocycles. The van der Waals surface area contributed by atoms with Gasteiger partial charge >= 0.3 is 0 Å². The zero-order valence-corrected chi connectivity index (χ0v) is 13.7. The Hall–Kier alpha value is -1.62. The predicted octanol–water partition coefficient (Wildman–Crippen LogP) is 2.54. The molecule has 5 heteroatoms. The van der Waals surface area contributed by atoms with Crippen molar-refractivity contribution in [3.05, 3.63) is 40.4 Å². The molecule has 1 aromatic carbocycles. The molecular formula is C16H19BrN2O2. The number of halogens is 1. The largest absolute Gasteiger partial charge is 0.341 e. The van der Waals surface area contributed by atoms with Crippen LogP contribution in [-0.2, 0) is 9.59 Å². The lowest BCUT2D eigenvalue weighted by Gasteiger charge is -2.20. The summed E-state index contributed by atoms with van der Waals surface area (Å²) in [6, 6.07) is 7.77. The fourth-order valence-corrected chi connectivity index (χ4v) is 2.75. The Labute approximate surface area is 133 Å². The first-order chi connectivity index (χ1) is 10.1. The van der Waals surface area contributed by atoms with Crippen LogP contribution in [0.15, 0.2) is 34.8 Å². The van der Waals surface area contributed by atoms with Crippen LogP contribution in [-0.4, -0.2) is 47.8 Å². The molecule has 0 spiro atoms. The molecule has 0 bridgehead atoms. The fraction of sp³-hybridized carbons (Fsp3) is 0.375. The van der Waals surface area contributed by atoms with E-state index in [1.165, 1.54) is 0 Å². The van der Waals surface area contributed by atoms with Gasteiger partial charge in [-0.15, -0.1) is 0 Å². The average Bonchev–Trinajstić information content (AvgIpc) is 2.72. The SMILES string of the molecule is CC(=O)N1CCCN(C(=O)/C=C/c2ccccc2Br)CC1. The molecule has 0 aliphatic carbocycles. The van der Waals surface area contributed by atoms with Crippen LogP contribution >= 0.6 is 15.9 Å². The number of hydrogen-bond acceptors (Lipinski definition) is 2. The Balaban J connectivity index is 1.97. The molecule has 1 fully saturated rings. The second-order valence-corrected chi connectivity index (χ2v) is 5.89. The number of hydrogen-bond donors (Lipinski definition) is 0. The first kappa shape index (κ1) is 15.8. The standard InChI is InChI=1S/C16H19BrN2O2/c1-13(20)18-9-4-10-19(12-11-18)16(21)8-7-14-5-2-3-6-15(14)17/h2-3,5-8H,4,9-12H2,1H3/b8-7+. The monoisotopic (exact) mass is 350 g/mol. The molecule has 2 amide bonds. The van der Waals surface area contributed by atoms with Crippen molar-refractivity contribution >= 4 is 33.8 Å². The molecule has 0 atom stereocenters. The maximum Gasteiger partial charge on any atom is 0.246 e. The zero-order chi connectivity index (χ0) is 15.2. The van der Waals surface area contributed by atoms with Gasteiger partial charge in [-0.2, -0.15) is 0 Å². The van der Waals surface area contributed by atoms with Gasteiger partial charge in [0.2, 0.25) is 11.8 Å². The Morgan fingerprint density at radius 3 is 2.48 bits per heavy atom. The number of nitrogens with zero attached hydrogens (tertiary/aromatic N) is 2. The summed E-state index contributed by atoms with van der Waals surface area (Å²) in [5.41, 5.74) is 0.978. The lowest BCUT2D eigenvalue weighted by Crippen LogP contribution is -2.35. The van der Waals surface area contributed by atoms with E-state index in [0.29, 0.717) is 19.6 Å². The minimum absolute atomic E-state index is 0.00356. The lowest BCUT2D eigenvalue weighted by atomic mass is 10.2. The van der Waals surface area contributed by atoms with Crippen LogP contribution in [0.3, 0.4) is 0 Å². The van der Waals surface area contributed by atoms with Crippen molar-refractivity contribution in [2.45, 2.75) is 13.3 Å². The highest BCUT2D eigenvalue weighted by Crippen LogP contribution is 2.17. The van der Waals surface area contributed by atoms with Crippen LogP contribution in [0.4, 0.5) is 0 Å². The highest BCUT2D eigenvalue weighted by Gasteiger charge is 2.18. The van der Waals surface area contributed by atoms with E-state index in [1.54, 1.807) is 22.8 Å². The number of benzene rings is 1. The number of amides is 2. The van der Waals surface area contributed by atoms with Gasteiger partial charge in [0.15, 0.2) is 0 Å². The summed E-state index contributed by atoms with van der Waals surface area (Å²) in [5.74, 6) is 0.0733. The second kappa shape index (κ2) is 7.41. The van der Waals surface area contributed by atoms with Crippen molar-refractivity contribution in [1.29, 1.82) is 0 Å². The Morgan fingerprint density at radius 2 is 1.76 bits per heavy atom. The lowest BCUT2D eigenvalue weighted by molar-refractivity contribution is -0.130. The molecule has 112 valence electrons. The summed E-state index contributed by atoms with van der Waals surface area (Å²) in [4.78, 5) is 27.2. The van der Waals surface area contributed by atoms with E-state index in [2.05, 4.69) is 15.9 Å². The summed E-state index contributed by atoms with van der Waals surface area (Å²) < 4.78 is 0.965. The maximum atomic E-state index is 12.2. The van der Waals surface area contributed by atoms with Gasteiger partial charge in [0.1, 0.15) is 0 Å². The smallest absolute Gasteiger partial charge is 0.246 e. The van der Waals surface area contributed by atoms with Gasteiger partial charge in [0.05, 0.1) is 0 Å². The summed E-state index contributed by atoms with van der Waals surface area (Å²) in [5, 5.41) is 0. The molecular weight excluding hydrogens is 332 g/mol. The van der Waals surface area contributed by atoms with Crippen LogP contribution in [0.2, 0.25) is 0 Å². The van der Waals surface area contributed by atoms with Crippen LogP contribution in [0, 0.1) is 0 Å². The first-order valence-corrected chi connectivity index (χ1v) is 7.84. The Morgan fingerprint density at radius 1 is 1.10 bits per heavy atom. The Bertz CT molecular complexity index is 557. The molecule has 1 aromatic rings. The van der Waals surface area contributed by atoms with E-state index >= 15 is 0 Å². The van der Waals surface area contributed by atoms with Crippen LogP contribution in [0.25, 0.3) is 6.08 Å². The minimum Gasteiger partial charge on any atom is -0.341 e. The van der Waals surface area contributed by atoms with Gasteiger partial charge in [-0.25, -0.2) is 0 Å². The second-order valence-electron chi connectivity index (χ2n) is 5.04. The zero-order valence-electron chi connectivity index (χ0n) is 12.1. The van der Waals surface area contributed by atoms with E-state index in [1.807, 2.05) is 30.3 Å². The third-order valence-corrected chi connectivity index (χ3v) is 4.29. The van der Waals surface area contributed by atoms with Crippen LogP contribution in [0.1, 0.15) is 18.9 Å². The number of carbonyl (C=O) groups is 2. The minimum atomic E-state index is -0.00356. The number of carbonyl (C=O) groups excluding carboxylic acids is 2. The fourth-order valence-electron chi connectivity index (χ4n) is 2.33. The molecule has 1 heterocycles. The first-order valence-electron chi connectivity index (χ1n) is 7.05. The van der Waals surface area contributed by atoms with E-state index in [-0.39, 0.29) is 11.8 Å². The van der Waals surface area contributed by atoms with Gasteiger partial charge in [0.25, 0.3) is 0 Å². The van der Waals surface area contributed by atoms with E-state index in [0.717, 1.165) is 23.0 Å². The van der Waals surface area contributed by atoms with Crippen molar-refractivity contribution in [3.63, 3.8) is 0 Å². The molecule has 0 N–H and O–H groups in total. The normalized spacial score (nSPS) is 16.1. The molecule has 0 unspecified atom stereocenters. The third-order valence-electron chi connectivity index (χ3n) is 3.56. The highest BCUT2D eigenvalue weighted by atomic mass is 79.9. The molecule has 0 saturated carbocycles. The van der Waals surface area contributed by atoms with Gasteiger partial charge in [-0.05, 0) is 24.1 Å². The van der Waals surface area contributed by atoms with Gasteiger partial charge in [0, 0.05) is 43.7 Å². The average molecular weight is 351 g/mol. The maximum absolute atomic E-state index is 12.2. The van der Waals surface area contributed by atoms with E-state index in [4.69, 9.17) is 0 Å². The molecule has 0 radical (unpaired) electrons. The van der Waals surface area contributed by atoms with Crippen molar-refractivity contribution in [2.75, 3.05) is 26.2 Å². The summed E-state index contributed by atoms with van der Waals surface area (Å²) in [6.07, 6.45) is 4.25. The quantitative estimate of drug-likeness (QED) is 0.769. The van der Waals surface area contributed by atoms with Crippen molar-refractivity contribution in [1.82, 2.24) is 9.80 Å². The molecule has 4 nitrogen and oxygen atoms in total. The molecule has 0 aromatic heterocycles. The Kier molecular flexibility index (Phi) is 5.56. The van der Waals surface area contributed by atoms with Crippen molar-refractivity contribution in [3.8, 4) is 0 Å². The topological polar surface area (TPSA) is 40.6 Å². The third kappa shape index (κ3) is 4.43.